The SMILES string of the molecule is O=P(O)(O)OCCCCCCCCCC(=S)S. The van der Waals surface area contributed by atoms with Gasteiger partial charge in [-0.2, -0.15) is 0 Å². The minimum Gasteiger partial charge on any atom is -0.303 e. The van der Waals surface area contributed by atoms with Crippen LogP contribution in [0.1, 0.15) is 51.4 Å². The fourth-order valence-corrected chi connectivity index (χ4v) is 2.12. The summed E-state index contributed by atoms with van der Waals surface area (Å²) < 4.78 is 15.5. The lowest BCUT2D eigenvalue weighted by atomic mass is 10.1. The first-order valence-electron chi connectivity index (χ1n) is 5.84. The minimum atomic E-state index is -4.27. The molecule has 0 spiro atoms. The molecule has 0 aliphatic carbocycles. The average molecular weight is 300 g/mol. The van der Waals surface area contributed by atoms with Crippen molar-refractivity contribution in [3.05, 3.63) is 0 Å². The van der Waals surface area contributed by atoms with E-state index in [9.17, 15) is 4.57 Å². The number of phosphoric acid groups is 1. The van der Waals surface area contributed by atoms with E-state index in [1.165, 1.54) is 12.8 Å². The number of unbranched alkanes of at least 4 members (excludes halogenated alkanes) is 6. The van der Waals surface area contributed by atoms with Gasteiger partial charge in [0, 0.05) is 4.20 Å². The highest BCUT2D eigenvalue weighted by atomic mass is 32.1. The van der Waals surface area contributed by atoms with E-state index in [1.807, 2.05) is 0 Å². The smallest absolute Gasteiger partial charge is 0.303 e. The minimum absolute atomic E-state index is 0.137. The van der Waals surface area contributed by atoms with Crippen LogP contribution in [-0.2, 0) is 9.09 Å². The van der Waals surface area contributed by atoms with Crippen molar-refractivity contribution in [3.8, 4) is 0 Å². The van der Waals surface area contributed by atoms with Gasteiger partial charge in [0.15, 0.2) is 0 Å². The van der Waals surface area contributed by atoms with Crippen molar-refractivity contribution < 1.29 is 18.9 Å². The average Bonchev–Trinajstić information content (AvgIpc) is 2.18. The summed E-state index contributed by atoms with van der Waals surface area (Å²) in [6.45, 7) is 0.137. The lowest BCUT2D eigenvalue weighted by molar-refractivity contribution is 0.193. The lowest BCUT2D eigenvalue weighted by Crippen LogP contribution is -1.92. The Kier molecular flexibility index (Phi) is 10.8. The van der Waals surface area contributed by atoms with Crippen LogP contribution in [0.15, 0.2) is 0 Å². The molecular formula is C10H21O4PS2. The highest BCUT2D eigenvalue weighted by Gasteiger charge is 2.12. The second-order valence-corrected chi connectivity index (χ2v) is 6.52. The Morgan fingerprint density at radius 2 is 1.53 bits per heavy atom. The van der Waals surface area contributed by atoms with E-state index >= 15 is 0 Å². The number of rotatable bonds is 11. The normalized spacial score (nSPS) is 11.7. The van der Waals surface area contributed by atoms with Crippen LogP contribution in [0.4, 0.5) is 0 Å². The maximum atomic E-state index is 10.3. The maximum absolute atomic E-state index is 10.3. The Bertz CT molecular complexity index is 255. The van der Waals surface area contributed by atoms with Crippen LogP contribution in [0.5, 0.6) is 0 Å². The van der Waals surface area contributed by atoms with Crippen LogP contribution in [0.2, 0.25) is 0 Å². The molecule has 0 heterocycles. The van der Waals surface area contributed by atoms with Gasteiger partial charge in [-0.25, -0.2) is 4.57 Å². The van der Waals surface area contributed by atoms with Crippen LogP contribution in [0.3, 0.4) is 0 Å². The van der Waals surface area contributed by atoms with Crippen molar-refractivity contribution in [2.45, 2.75) is 51.4 Å². The fourth-order valence-electron chi connectivity index (χ4n) is 1.45. The van der Waals surface area contributed by atoms with Gasteiger partial charge in [-0.15, -0.1) is 12.6 Å². The molecule has 102 valence electrons. The Hall–Kier alpha value is 0.550. The summed E-state index contributed by atoms with van der Waals surface area (Å²) in [5.74, 6) is 0. The van der Waals surface area contributed by atoms with Crippen molar-refractivity contribution in [2.24, 2.45) is 0 Å². The van der Waals surface area contributed by atoms with Crippen LogP contribution in [0.25, 0.3) is 0 Å². The van der Waals surface area contributed by atoms with Gasteiger partial charge >= 0.3 is 7.82 Å². The van der Waals surface area contributed by atoms with Crippen LogP contribution < -0.4 is 0 Å². The van der Waals surface area contributed by atoms with Gasteiger partial charge in [0.05, 0.1) is 6.61 Å². The molecule has 0 bridgehead atoms. The molecular weight excluding hydrogens is 279 g/mol. The van der Waals surface area contributed by atoms with Crippen LogP contribution >= 0.6 is 32.7 Å². The summed E-state index contributed by atoms with van der Waals surface area (Å²) in [6, 6.07) is 0. The van der Waals surface area contributed by atoms with Gasteiger partial charge in [-0.1, -0.05) is 44.3 Å². The third-order valence-electron chi connectivity index (χ3n) is 2.29. The van der Waals surface area contributed by atoms with Gasteiger partial charge in [-0.05, 0) is 19.3 Å². The molecule has 0 amide bonds. The molecule has 0 unspecified atom stereocenters. The van der Waals surface area contributed by atoms with E-state index in [-0.39, 0.29) is 6.61 Å². The van der Waals surface area contributed by atoms with E-state index in [2.05, 4.69) is 17.2 Å². The third-order valence-corrected chi connectivity index (χ3v) is 3.24. The molecule has 0 aromatic rings. The Balaban J connectivity index is 3.09. The molecule has 17 heavy (non-hydrogen) atoms. The van der Waals surface area contributed by atoms with Gasteiger partial charge < -0.3 is 9.79 Å². The monoisotopic (exact) mass is 300 g/mol. The zero-order chi connectivity index (χ0) is 13.1. The Morgan fingerprint density at radius 3 is 2.00 bits per heavy atom. The van der Waals surface area contributed by atoms with E-state index in [0.29, 0.717) is 6.42 Å². The molecule has 0 aromatic heterocycles. The molecule has 0 fully saturated rings. The summed E-state index contributed by atoms with van der Waals surface area (Å²) >= 11 is 8.92. The second-order valence-electron chi connectivity index (χ2n) is 3.94. The molecule has 4 nitrogen and oxygen atoms in total. The van der Waals surface area contributed by atoms with Crippen molar-refractivity contribution >= 4 is 36.9 Å². The van der Waals surface area contributed by atoms with Gasteiger partial charge in [-0.3, -0.25) is 4.52 Å². The molecule has 2 N–H and O–H groups in total. The lowest BCUT2D eigenvalue weighted by Gasteiger charge is -2.04. The molecule has 0 rings (SSSR count). The molecule has 0 aliphatic heterocycles. The summed E-state index contributed by atoms with van der Waals surface area (Å²) in [5.41, 5.74) is 0. The summed E-state index contributed by atoms with van der Waals surface area (Å²) in [6.07, 6.45) is 8.23. The summed E-state index contributed by atoms with van der Waals surface area (Å²) in [5, 5.41) is 0. The molecule has 0 aliphatic rings. The zero-order valence-corrected chi connectivity index (χ0v) is 12.5. The number of hydrogen-bond donors (Lipinski definition) is 3. The standard InChI is InChI=1S/C10H21O4PS2/c11-15(12,13)14-9-7-5-3-1-2-4-6-8-10(16)17/h1-9H2,(H,16,17)(H2,11,12,13). The maximum Gasteiger partial charge on any atom is 0.469 e. The van der Waals surface area contributed by atoms with Gasteiger partial charge in [0.2, 0.25) is 0 Å². The number of hydrogen-bond acceptors (Lipinski definition) is 3. The van der Waals surface area contributed by atoms with Crippen LogP contribution in [0, 0.1) is 0 Å². The first-order valence-corrected chi connectivity index (χ1v) is 8.22. The predicted octanol–water partition coefficient (Wildman–Crippen LogP) is 3.47. The number of phosphoric ester groups is 1. The Morgan fingerprint density at radius 1 is 1.06 bits per heavy atom. The van der Waals surface area contributed by atoms with Crippen molar-refractivity contribution in [2.75, 3.05) is 6.61 Å². The van der Waals surface area contributed by atoms with Gasteiger partial charge in [0.1, 0.15) is 0 Å². The molecule has 0 atom stereocenters. The van der Waals surface area contributed by atoms with Crippen molar-refractivity contribution in [3.63, 3.8) is 0 Å². The quantitative estimate of drug-likeness (QED) is 0.236. The molecule has 7 heteroatoms. The van der Waals surface area contributed by atoms with E-state index < -0.39 is 7.82 Å². The summed E-state index contributed by atoms with van der Waals surface area (Å²) in [7, 11) is -4.27. The van der Waals surface area contributed by atoms with E-state index in [0.717, 1.165) is 36.3 Å². The van der Waals surface area contributed by atoms with Crippen molar-refractivity contribution in [1.29, 1.82) is 0 Å². The number of thiol groups is 1. The van der Waals surface area contributed by atoms with Gasteiger partial charge in [0.25, 0.3) is 0 Å². The van der Waals surface area contributed by atoms with E-state index in [4.69, 9.17) is 22.0 Å². The van der Waals surface area contributed by atoms with Crippen LogP contribution in [-0.4, -0.2) is 20.6 Å². The fraction of sp³-hybridized carbons (Fsp3) is 0.900. The summed E-state index contributed by atoms with van der Waals surface area (Å²) in [4.78, 5) is 16.9. The predicted molar refractivity (Wildman–Crippen MR) is 76.5 cm³/mol. The number of thiocarbonyl (C=S) groups is 1. The second kappa shape index (κ2) is 10.5. The highest BCUT2D eigenvalue weighted by Crippen LogP contribution is 2.35. The molecule has 0 radical (unpaired) electrons. The first-order chi connectivity index (χ1) is 7.92. The highest BCUT2D eigenvalue weighted by molar-refractivity contribution is 8.11. The Labute approximate surface area is 114 Å². The third kappa shape index (κ3) is 16.6. The molecule has 0 saturated heterocycles. The van der Waals surface area contributed by atoms with Crippen molar-refractivity contribution in [1.82, 2.24) is 0 Å². The molecule has 0 saturated carbocycles. The zero-order valence-electron chi connectivity index (χ0n) is 9.88. The van der Waals surface area contributed by atoms with E-state index in [1.54, 1.807) is 0 Å². The first kappa shape index (κ1) is 17.6. The largest absolute Gasteiger partial charge is 0.469 e. The topological polar surface area (TPSA) is 66.8 Å². The molecule has 0 aromatic carbocycles.